The molecule has 0 aromatic rings. The SMILES string of the molecule is CCNC(=O)C1CCC(NC(=O)CC2CCC(S(=O)(=O)CC3CC3)CC2)CC1. The lowest BCUT2D eigenvalue weighted by Crippen LogP contribution is -2.41. The topological polar surface area (TPSA) is 92.3 Å². The van der Waals surface area contributed by atoms with Crippen LogP contribution < -0.4 is 10.6 Å². The molecular formula is C21H36N2O4S. The molecule has 160 valence electrons. The maximum atomic E-state index is 12.4. The van der Waals surface area contributed by atoms with E-state index in [1.54, 1.807) is 0 Å². The molecule has 2 amide bonds. The van der Waals surface area contributed by atoms with Gasteiger partial charge in [0.25, 0.3) is 0 Å². The minimum atomic E-state index is -2.94. The van der Waals surface area contributed by atoms with E-state index < -0.39 is 9.84 Å². The Morgan fingerprint density at radius 2 is 1.46 bits per heavy atom. The first kappa shape index (κ1) is 21.6. The number of hydrogen-bond acceptors (Lipinski definition) is 4. The van der Waals surface area contributed by atoms with Gasteiger partial charge in [-0.05, 0) is 83.0 Å². The van der Waals surface area contributed by atoms with Gasteiger partial charge in [0, 0.05) is 24.9 Å². The van der Waals surface area contributed by atoms with Crippen LogP contribution >= 0.6 is 0 Å². The molecule has 0 spiro atoms. The summed E-state index contributed by atoms with van der Waals surface area (Å²) < 4.78 is 24.9. The van der Waals surface area contributed by atoms with Gasteiger partial charge in [-0.2, -0.15) is 0 Å². The van der Waals surface area contributed by atoms with Crippen LogP contribution in [0.25, 0.3) is 0 Å². The van der Waals surface area contributed by atoms with Crippen molar-refractivity contribution in [3.63, 3.8) is 0 Å². The zero-order chi connectivity index (χ0) is 20.1. The number of carbonyl (C=O) groups excluding carboxylic acids is 2. The van der Waals surface area contributed by atoms with E-state index in [0.29, 0.717) is 43.4 Å². The molecule has 0 heterocycles. The second-order valence-electron chi connectivity index (χ2n) is 9.13. The van der Waals surface area contributed by atoms with Gasteiger partial charge in [-0.25, -0.2) is 8.42 Å². The number of rotatable bonds is 8. The zero-order valence-corrected chi connectivity index (χ0v) is 17.9. The molecule has 0 saturated heterocycles. The lowest BCUT2D eigenvalue weighted by molar-refractivity contribution is -0.126. The third-order valence-electron chi connectivity index (χ3n) is 6.75. The summed E-state index contributed by atoms with van der Waals surface area (Å²) in [7, 11) is -2.94. The molecule has 3 saturated carbocycles. The van der Waals surface area contributed by atoms with E-state index in [1.807, 2.05) is 6.92 Å². The van der Waals surface area contributed by atoms with Crippen molar-refractivity contribution < 1.29 is 18.0 Å². The summed E-state index contributed by atoms with van der Waals surface area (Å²) in [5.74, 6) is 1.41. The molecule has 0 unspecified atom stereocenters. The smallest absolute Gasteiger partial charge is 0.223 e. The van der Waals surface area contributed by atoms with Crippen LogP contribution in [0.15, 0.2) is 0 Å². The molecule has 3 fully saturated rings. The molecule has 3 aliphatic rings. The van der Waals surface area contributed by atoms with Gasteiger partial charge < -0.3 is 10.6 Å². The van der Waals surface area contributed by atoms with E-state index >= 15 is 0 Å². The molecule has 0 atom stereocenters. The van der Waals surface area contributed by atoms with E-state index in [9.17, 15) is 18.0 Å². The summed E-state index contributed by atoms with van der Waals surface area (Å²) >= 11 is 0. The van der Waals surface area contributed by atoms with Gasteiger partial charge in [0.05, 0.1) is 11.0 Å². The van der Waals surface area contributed by atoms with Crippen LogP contribution in [0.2, 0.25) is 0 Å². The van der Waals surface area contributed by atoms with E-state index in [0.717, 1.165) is 51.4 Å². The summed E-state index contributed by atoms with van der Waals surface area (Å²) in [5, 5.41) is 5.84. The minimum absolute atomic E-state index is 0.0842. The molecule has 3 aliphatic carbocycles. The second-order valence-corrected chi connectivity index (χ2v) is 11.5. The van der Waals surface area contributed by atoms with Crippen LogP contribution in [0.3, 0.4) is 0 Å². The number of sulfone groups is 1. The first-order chi connectivity index (χ1) is 13.4. The molecule has 6 nitrogen and oxygen atoms in total. The quantitative estimate of drug-likeness (QED) is 0.641. The van der Waals surface area contributed by atoms with Crippen molar-refractivity contribution in [1.82, 2.24) is 10.6 Å². The lowest BCUT2D eigenvalue weighted by atomic mass is 9.84. The van der Waals surface area contributed by atoms with Crippen LogP contribution in [-0.2, 0) is 19.4 Å². The van der Waals surface area contributed by atoms with Crippen LogP contribution in [0.5, 0.6) is 0 Å². The van der Waals surface area contributed by atoms with Gasteiger partial charge in [-0.1, -0.05) is 0 Å². The van der Waals surface area contributed by atoms with E-state index in [1.165, 1.54) is 0 Å². The van der Waals surface area contributed by atoms with Crippen molar-refractivity contribution in [2.75, 3.05) is 12.3 Å². The second kappa shape index (κ2) is 9.59. The predicted molar refractivity (Wildman–Crippen MR) is 109 cm³/mol. The van der Waals surface area contributed by atoms with Gasteiger partial charge in [0.1, 0.15) is 0 Å². The monoisotopic (exact) mass is 412 g/mol. The zero-order valence-electron chi connectivity index (χ0n) is 17.1. The van der Waals surface area contributed by atoms with Crippen LogP contribution in [0.4, 0.5) is 0 Å². The van der Waals surface area contributed by atoms with Crippen LogP contribution in [-0.4, -0.2) is 43.8 Å². The number of amides is 2. The van der Waals surface area contributed by atoms with E-state index in [4.69, 9.17) is 0 Å². The third kappa shape index (κ3) is 6.19. The fourth-order valence-corrected chi connectivity index (χ4v) is 7.06. The summed E-state index contributed by atoms with van der Waals surface area (Å²) in [5.41, 5.74) is 0. The van der Waals surface area contributed by atoms with Crippen molar-refractivity contribution in [2.24, 2.45) is 17.8 Å². The summed E-state index contributed by atoms with van der Waals surface area (Å²) in [4.78, 5) is 24.3. The van der Waals surface area contributed by atoms with Gasteiger partial charge in [-0.3, -0.25) is 9.59 Å². The normalized spacial score (nSPS) is 31.2. The molecule has 0 radical (unpaired) electrons. The van der Waals surface area contributed by atoms with Gasteiger partial charge in [-0.15, -0.1) is 0 Å². The number of hydrogen-bond donors (Lipinski definition) is 2. The molecule has 0 aromatic heterocycles. The van der Waals surface area contributed by atoms with Crippen molar-refractivity contribution in [3.05, 3.63) is 0 Å². The maximum Gasteiger partial charge on any atom is 0.223 e. The first-order valence-corrected chi connectivity index (χ1v) is 12.9. The van der Waals surface area contributed by atoms with Gasteiger partial charge >= 0.3 is 0 Å². The van der Waals surface area contributed by atoms with Crippen molar-refractivity contribution >= 4 is 21.7 Å². The largest absolute Gasteiger partial charge is 0.356 e. The molecule has 3 rings (SSSR count). The fraction of sp³-hybridized carbons (Fsp3) is 0.905. The predicted octanol–water partition coefficient (Wildman–Crippen LogP) is 2.57. The van der Waals surface area contributed by atoms with Crippen LogP contribution in [0.1, 0.15) is 77.6 Å². The molecule has 28 heavy (non-hydrogen) atoms. The highest BCUT2D eigenvalue weighted by Gasteiger charge is 2.36. The Morgan fingerprint density at radius 3 is 2.04 bits per heavy atom. The first-order valence-electron chi connectivity index (χ1n) is 11.2. The maximum absolute atomic E-state index is 12.4. The third-order valence-corrected chi connectivity index (χ3v) is 9.18. The Labute approximate surface area is 169 Å². The van der Waals surface area contributed by atoms with Crippen LogP contribution in [0, 0.1) is 17.8 Å². The van der Waals surface area contributed by atoms with Gasteiger partial charge in [0.2, 0.25) is 11.8 Å². The van der Waals surface area contributed by atoms with Crippen molar-refractivity contribution in [2.45, 2.75) is 88.8 Å². The summed E-state index contributed by atoms with van der Waals surface area (Å²) in [6, 6.07) is 0.174. The molecule has 0 aliphatic heterocycles. The highest BCUT2D eigenvalue weighted by molar-refractivity contribution is 7.92. The molecular weight excluding hydrogens is 376 g/mol. The van der Waals surface area contributed by atoms with E-state index in [-0.39, 0.29) is 29.0 Å². The Balaban J connectivity index is 1.34. The lowest BCUT2D eigenvalue weighted by Gasteiger charge is -2.30. The average molecular weight is 413 g/mol. The van der Waals surface area contributed by atoms with E-state index in [2.05, 4.69) is 10.6 Å². The average Bonchev–Trinajstić information content (AvgIpc) is 3.46. The standard InChI is InChI=1S/C21H36N2O4S/c1-2-22-21(25)17-7-9-18(10-8-17)23-20(24)13-15-5-11-19(12-6-15)28(26,27)14-16-3-4-16/h15-19H,2-14H2,1H3,(H,22,25)(H,23,24). The number of nitrogens with one attached hydrogen (secondary N) is 2. The molecule has 0 bridgehead atoms. The number of carbonyl (C=O) groups is 2. The Bertz CT molecular complexity index is 643. The molecule has 2 N–H and O–H groups in total. The minimum Gasteiger partial charge on any atom is -0.356 e. The Hall–Kier alpha value is -1.11. The van der Waals surface area contributed by atoms with Crippen molar-refractivity contribution in [3.8, 4) is 0 Å². The Morgan fingerprint density at radius 1 is 0.857 bits per heavy atom. The van der Waals surface area contributed by atoms with Crippen molar-refractivity contribution in [1.29, 1.82) is 0 Å². The highest BCUT2D eigenvalue weighted by Crippen LogP contribution is 2.36. The fourth-order valence-electron chi connectivity index (χ4n) is 4.81. The molecule has 0 aromatic carbocycles. The summed E-state index contributed by atoms with van der Waals surface area (Å²) in [6.45, 7) is 2.60. The van der Waals surface area contributed by atoms with Gasteiger partial charge in [0.15, 0.2) is 9.84 Å². The Kier molecular flexibility index (Phi) is 7.40. The molecule has 7 heteroatoms. The summed E-state index contributed by atoms with van der Waals surface area (Å²) in [6.07, 6.45) is 9.14. The highest BCUT2D eigenvalue weighted by atomic mass is 32.2.